The van der Waals surface area contributed by atoms with Crippen molar-refractivity contribution in [3.05, 3.63) is 89.3 Å². The van der Waals surface area contributed by atoms with E-state index in [0.29, 0.717) is 6.08 Å². The summed E-state index contributed by atoms with van der Waals surface area (Å²) in [6.45, 7) is 0. The van der Waals surface area contributed by atoms with Crippen molar-refractivity contribution in [2.75, 3.05) is 10.6 Å². The van der Waals surface area contributed by atoms with Crippen molar-refractivity contribution in [1.29, 1.82) is 0 Å². The molecule has 0 saturated heterocycles. The zero-order chi connectivity index (χ0) is 21.7. The Morgan fingerprint density at radius 3 is 2.30 bits per heavy atom. The molecule has 3 aromatic rings. The predicted octanol–water partition coefficient (Wildman–Crippen LogP) is 5.77. The molecular formula is C21H14ClF3N2O3. The summed E-state index contributed by atoms with van der Waals surface area (Å²) < 4.78 is 45.3. The number of anilines is 2. The van der Waals surface area contributed by atoms with Gasteiger partial charge in [-0.2, -0.15) is 13.2 Å². The molecule has 30 heavy (non-hydrogen) atoms. The third kappa shape index (κ3) is 5.30. The van der Waals surface area contributed by atoms with E-state index >= 15 is 0 Å². The maximum absolute atomic E-state index is 13.4. The van der Waals surface area contributed by atoms with Crippen LogP contribution in [0.25, 0.3) is 5.57 Å². The number of hydrogen-bond donors (Lipinski definition) is 2. The molecule has 2 aromatic carbocycles. The Bertz CT molecular complexity index is 1080. The molecule has 0 aliphatic rings. The van der Waals surface area contributed by atoms with Crippen LogP contribution in [0.5, 0.6) is 0 Å². The fourth-order valence-corrected chi connectivity index (χ4v) is 2.74. The summed E-state index contributed by atoms with van der Waals surface area (Å²) in [6.07, 6.45) is -2.97. The van der Waals surface area contributed by atoms with E-state index in [1.165, 1.54) is 60.9 Å². The molecule has 2 amide bonds. The molecule has 1 aromatic heterocycles. The Balaban J connectivity index is 1.87. The number of halogens is 4. The number of allylic oxidation sites excluding steroid dienone is 1. The van der Waals surface area contributed by atoms with Gasteiger partial charge in [0.1, 0.15) is 0 Å². The van der Waals surface area contributed by atoms with Crippen molar-refractivity contribution >= 4 is 40.4 Å². The zero-order valence-electron chi connectivity index (χ0n) is 15.2. The van der Waals surface area contributed by atoms with Crippen LogP contribution in [0.2, 0.25) is 5.02 Å². The maximum Gasteiger partial charge on any atom is 0.417 e. The van der Waals surface area contributed by atoms with Crippen LogP contribution < -0.4 is 10.6 Å². The number of carbonyl (C=O) groups is 2. The summed E-state index contributed by atoms with van der Waals surface area (Å²) in [5.74, 6) is -1.63. The quantitative estimate of drug-likeness (QED) is 0.501. The smallest absolute Gasteiger partial charge is 0.417 e. The molecule has 0 unspecified atom stereocenters. The van der Waals surface area contributed by atoms with Crippen molar-refractivity contribution in [3.8, 4) is 0 Å². The lowest BCUT2D eigenvalue weighted by Gasteiger charge is -2.14. The van der Waals surface area contributed by atoms with Gasteiger partial charge in [0.15, 0.2) is 5.76 Å². The first-order chi connectivity index (χ1) is 14.2. The Morgan fingerprint density at radius 1 is 0.933 bits per heavy atom. The lowest BCUT2D eigenvalue weighted by molar-refractivity contribution is -0.112. The van der Waals surface area contributed by atoms with Gasteiger partial charge in [0, 0.05) is 11.1 Å². The Morgan fingerprint density at radius 2 is 1.67 bits per heavy atom. The Kier molecular flexibility index (Phi) is 6.27. The lowest BCUT2D eigenvalue weighted by atomic mass is 10.1. The molecular weight excluding hydrogens is 421 g/mol. The molecule has 0 aliphatic carbocycles. The zero-order valence-corrected chi connectivity index (χ0v) is 15.9. The minimum absolute atomic E-state index is 0.00980. The van der Waals surface area contributed by atoms with Crippen LogP contribution in [0, 0.1) is 0 Å². The van der Waals surface area contributed by atoms with E-state index in [9.17, 15) is 22.8 Å². The predicted molar refractivity (Wildman–Crippen MR) is 107 cm³/mol. The number of hydrogen-bond acceptors (Lipinski definition) is 3. The number of amides is 2. The van der Waals surface area contributed by atoms with E-state index in [4.69, 9.17) is 16.0 Å². The molecule has 0 aliphatic heterocycles. The second-order valence-electron chi connectivity index (χ2n) is 6.03. The first-order valence-corrected chi connectivity index (χ1v) is 8.91. The van der Waals surface area contributed by atoms with Gasteiger partial charge in [-0.3, -0.25) is 9.59 Å². The van der Waals surface area contributed by atoms with E-state index in [1.54, 1.807) is 6.07 Å². The normalized spacial score (nSPS) is 11.8. The highest BCUT2D eigenvalue weighted by molar-refractivity contribution is 6.31. The molecule has 3 rings (SSSR count). The summed E-state index contributed by atoms with van der Waals surface area (Å²) in [7, 11) is 0. The number of nitrogens with one attached hydrogen (secondary N) is 2. The molecule has 2 N–H and O–H groups in total. The van der Waals surface area contributed by atoms with Crippen LogP contribution in [0.1, 0.15) is 16.1 Å². The molecule has 0 fully saturated rings. The van der Waals surface area contributed by atoms with Gasteiger partial charge in [0.2, 0.25) is 5.91 Å². The minimum Gasteiger partial charge on any atom is -0.459 e. The van der Waals surface area contributed by atoms with Gasteiger partial charge in [0.25, 0.3) is 5.91 Å². The largest absolute Gasteiger partial charge is 0.459 e. The topological polar surface area (TPSA) is 71.3 Å². The van der Waals surface area contributed by atoms with Crippen molar-refractivity contribution in [3.63, 3.8) is 0 Å². The third-order valence-corrected chi connectivity index (χ3v) is 4.13. The van der Waals surface area contributed by atoms with Crippen LogP contribution in [0.15, 0.2) is 77.4 Å². The molecule has 9 heteroatoms. The second kappa shape index (κ2) is 8.87. The van der Waals surface area contributed by atoms with Gasteiger partial charge in [-0.15, -0.1) is 0 Å². The van der Waals surface area contributed by atoms with E-state index in [0.717, 1.165) is 0 Å². The van der Waals surface area contributed by atoms with Crippen molar-refractivity contribution in [1.82, 2.24) is 0 Å². The minimum atomic E-state index is -4.74. The fraction of sp³-hybridized carbons (Fsp3) is 0.0476. The van der Waals surface area contributed by atoms with E-state index in [2.05, 4.69) is 10.6 Å². The molecule has 5 nitrogen and oxygen atoms in total. The molecule has 0 radical (unpaired) electrons. The summed E-state index contributed by atoms with van der Waals surface area (Å²) in [5, 5.41) is 5.09. The highest BCUT2D eigenvalue weighted by Crippen LogP contribution is 2.34. The van der Waals surface area contributed by atoms with Gasteiger partial charge in [-0.1, -0.05) is 41.9 Å². The highest BCUT2D eigenvalue weighted by Gasteiger charge is 2.35. The Labute approximate surface area is 174 Å². The fourth-order valence-electron chi connectivity index (χ4n) is 2.57. The second-order valence-corrected chi connectivity index (χ2v) is 6.47. The number of alkyl halides is 3. The van der Waals surface area contributed by atoms with Crippen molar-refractivity contribution < 1.29 is 27.2 Å². The lowest BCUT2D eigenvalue weighted by Crippen LogP contribution is -2.18. The van der Waals surface area contributed by atoms with Crippen LogP contribution in [-0.2, 0) is 4.79 Å². The van der Waals surface area contributed by atoms with Crippen LogP contribution in [-0.4, -0.2) is 18.0 Å². The van der Waals surface area contributed by atoms with Crippen molar-refractivity contribution in [2.45, 2.75) is 6.18 Å². The van der Waals surface area contributed by atoms with E-state index < -0.39 is 23.6 Å². The highest BCUT2D eigenvalue weighted by atomic mass is 35.5. The van der Waals surface area contributed by atoms with Gasteiger partial charge < -0.3 is 15.1 Å². The van der Waals surface area contributed by atoms with Crippen LogP contribution in [0.3, 0.4) is 0 Å². The summed E-state index contributed by atoms with van der Waals surface area (Å²) >= 11 is 5.94. The van der Waals surface area contributed by atoms with Gasteiger partial charge in [-0.25, -0.2) is 0 Å². The summed E-state index contributed by atoms with van der Waals surface area (Å²) in [5.41, 5.74) is -1.09. The SMILES string of the molecule is O=C(/C=C(\c1ccccc1)C(F)(F)F)Nc1ccc(Cl)cc1NC(=O)c1ccco1. The standard InChI is InChI=1S/C21H14ClF3N2O3/c22-14-8-9-16(17(11-14)27-20(29)18-7-4-10-30-18)26-19(28)12-15(21(23,24)25)13-5-2-1-3-6-13/h1-12H,(H,26,28)(H,27,29)/b15-12+. The average molecular weight is 435 g/mol. The Hall–Kier alpha value is -3.52. The van der Waals surface area contributed by atoms with Crippen LogP contribution in [0.4, 0.5) is 24.5 Å². The van der Waals surface area contributed by atoms with Gasteiger partial charge in [-0.05, 0) is 35.9 Å². The average Bonchev–Trinajstić information content (AvgIpc) is 3.23. The van der Waals surface area contributed by atoms with Gasteiger partial charge >= 0.3 is 6.18 Å². The molecule has 0 bridgehead atoms. The summed E-state index contributed by atoms with van der Waals surface area (Å²) in [4.78, 5) is 24.5. The van der Waals surface area contributed by atoms with Crippen LogP contribution >= 0.6 is 11.6 Å². The summed E-state index contributed by atoms with van der Waals surface area (Å²) in [6, 6.07) is 14.0. The van der Waals surface area contributed by atoms with Crippen molar-refractivity contribution in [2.24, 2.45) is 0 Å². The molecule has 0 saturated carbocycles. The first kappa shape index (κ1) is 21.2. The molecule has 1 heterocycles. The first-order valence-electron chi connectivity index (χ1n) is 8.54. The van der Waals surface area contributed by atoms with E-state index in [1.807, 2.05) is 0 Å². The monoisotopic (exact) mass is 434 g/mol. The van der Waals surface area contributed by atoms with Gasteiger partial charge in [0.05, 0.1) is 23.2 Å². The number of benzene rings is 2. The number of carbonyl (C=O) groups excluding carboxylic acids is 2. The maximum atomic E-state index is 13.4. The number of furan rings is 1. The molecule has 0 atom stereocenters. The third-order valence-electron chi connectivity index (χ3n) is 3.90. The molecule has 154 valence electrons. The molecule has 0 spiro atoms. The number of rotatable bonds is 5. The van der Waals surface area contributed by atoms with E-state index in [-0.39, 0.29) is 27.7 Å².